The number of rotatable bonds is 3. The molecule has 0 fully saturated rings. The summed E-state index contributed by atoms with van der Waals surface area (Å²) in [5.41, 5.74) is 0.446. The molecular formula is C11H13NO5S. The molecule has 1 aromatic carbocycles. The first-order valence-corrected chi connectivity index (χ1v) is 7.18. The summed E-state index contributed by atoms with van der Waals surface area (Å²) in [5.74, 6) is -0.631. The molecule has 0 spiro atoms. The summed E-state index contributed by atoms with van der Waals surface area (Å²) in [7, 11) is -3.45. The Kier molecular flexibility index (Phi) is 3.16. The van der Waals surface area contributed by atoms with Crippen molar-refractivity contribution in [2.75, 3.05) is 17.1 Å². The lowest BCUT2D eigenvalue weighted by Gasteiger charge is -2.34. The van der Waals surface area contributed by atoms with Crippen LogP contribution >= 0.6 is 0 Å². The van der Waals surface area contributed by atoms with E-state index in [-0.39, 0.29) is 13.0 Å². The van der Waals surface area contributed by atoms with Gasteiger partial charge in [-0.3, -0.25) is 9.10 Å². The fraction of sp³-hybridized carbons (Fsp3) is 0.364. The fourth-order valence-electron chi connectivity index (χ4n) is 1.88. The first-order valence-electron chi connectivity index (χ1n) is 5.33. The van der Waals surface area contributed by atoms with Gasteiger partial charge in [0.05, 0.1) is 24.9 Å². The number of para-hydroxylation sites is 2. The van der Waals surface area contributed by atoms with Crippen LogP contribution in [0.15, 0.2) is 24.3 Å². The number of benzene rings is 1. The zero-order valence-electron chi connectivity index (χ0n) is 9.74. The molecule has 6 nitrogen and oxygen atoms in total. The van der Waals surface area contributed by atoms with Gasteiger partial charge in [-0.05, 0) is 12.1 Å². The summed E-state index contributed by atoms with van der Waals surface area (Å²) in [4.78, 5) is 10.7. The third-order valence-corrected chi connectivity index (χ3v) is 3.75. The van der Waals surface area contributed by atoms with Crippen LogP contribution in [0.25, 0.3) is 0 Å². The average molecular weight is 271 g/mol. The normalized spacial score (nSPS) is 18.9. The molecule has 1 N–H and O–H groups in total. The molecule has 0 radical (unpaired) electrons. The van der Waals surface area contributed by atoms with Crippen molar-refractivity contribution in [1.29, 1.82) is 0 Å². The summed E-state index contributed by atoms with van der Waals surface area (Å²) in [5, 5.41) is 8.75. The van der Waals surface area contributed by atoms with Crippen LogP contribution < -0.4 is 9.04 Å². The number of carbonyl (C=O) groups is 1. The van der Waals surface area contributed by atoms with E-state index in [1.54, 1.807) is 24.3 Å². The van der Waals surface area contributed by atoms with Gasteiger partial charge in [-0.2, -0.15) is 0 Å². The van der Waals surface area contributed by atoms with E-state index in [0.717, 1.165) is 6.26 Å². The lowest BCUT2D eigenvalue weighted by molar-refractivity contribution is -0.138. The Balaban J connectivity index is 2.38. The molecule has 0 bridgehead atoms. The molecule has 1 aromatic rings. The number of ether oxygens (including phenoxy) is 1. The van der Waals surface area contributed by atoms with E-state index < -0.39 is 22.1 Å². The highest BCUT2D eigenvalue weighted by Crippen LogP contribution is 2.35. The molecule has 0 aromatic heterocycles. The lowest BCUT2D eigenvalue weighted by Crippen LogP contribution is -2.43. The van der Waals surface area contributed by atoms with Gasteiger partial charge < -0.3 is 9.84 Å². The van der Waals surface area contributed by atoms with E-state index in [2.05, 4.69) is 0 Å². The molecule has 0 amide bonds. The summed E-state index contributed by atoms with van der Waals surface area (Å²) in [6.07, 6.45) is 0.180. The van der Waals surface area contributed by atoms with Crippen molar-refractivity contribution in [2.24, 2.45) is 0 Å². The predicted octanol–water partition coefficient (Wildman–Crippen LogP) is 0.688. The number of fused-ring (bicyclic) bond motifs is 1. The maximum Gasteiger partial charge on any atom is 0.307 e. The first kappa shape index (κ1) is 12.7. The van der Waals surface area contributed by atoms with E-state index in [4.69, 9.17) is 9.84 Å². The summed E-state index contributed by atoms with van der Waals surface area (Å²) < 4.78 is 30.1. The topological polar surface area (TPSA) is 83.9 Å². The second kappa shape index (κ2) is 4.49. The molecule has 0 aliphatic carbocycles. The van der Waals surface area contributed by atoms with Crippen molar-refractivity contribution in [3.05, 3.63) is 24.3 Å². The standard InChI is InChI=1S/C11H13NO5S/c1-18(15,16)12-7-8(6-11(13)14)17-10-5-3-2-4-9(10)12/h2-5,8H,6-7H2,1H3,(H,13,14)/t8-/m1/s1. The average Bonchev–Trinajstić information content (AvgIpc) is 2.25. The zero-order valence-corrected chi connectivity index (χ0v) is 10.6. The second-order valence-corrected chi connectivity index (χ2v) is 6.01. The Labute approximate surface area is 105 Å². The van der Waals surface area contributed by atoms with Crippen molar-refractivity contribution in [1.82, 2.24) is 0 Å². The van der Waals surface area contributed by atoms with Crippen LogP contribution in [0.3, 0.4) is 0 Å². The molecule has 1 aliphatic heterocycles. The van der Waals surface area contributed by atoms with Crippen LogP contribution in [0, 0.1) is 0 Å². The number of hydrogen-bond acceptors (Lipinski definition) is 4. The van der Waals surface area contributed by atoms with Gasteiger partial charge in [-0.25, -0.2) is 8.42 Å². The molecule has 1 atom stereocenters. The Morgan fingerprint density at radius 1 is 1.50 bits per heavy atom. The highest BCUT2D eigenvalue weighted by atomic mass is 32.2. The quantitative estimate of drug-likeness (QED) is 0.874. The van der Waals surface area contributed by atoms with Gasteiger partial charge in [0.2, 0.25) is 10.0 Å². The number of hydrogen-bond donors (Lipinski definition) is 1. The molecule has 1 aliphatic rings. The minimum Gasteiger partial charge on any atom is -0.486 e. The van der Waals surface area contributed by atoms with Gasteiger partial charge in [-0.1, -0.05) is 12.1 Å². The fourth-order valence-corrected chi connectivity index (χ4v) is 2.82. The summed E-state index contributed by atoms with van der Waals surface area (Å²) in [6.45, 7) is 0.0160. The van der Waals surface area contributed by atoms with E-state index in [9.17, 15) is 13.2 Å². The van der Waals surface area contributed by atoms with E-state index >= 15 is 0 Å². The second-order valence-electron chi connectivity index (χ2n) is 4.10. The number of nitrogens with zero attached hydrogens (tertiary/aromatic N) is 1. The SMILES string of the molecule is CS(=O)(=O)N1C[C@@H](CC(=O)O)Oc2ccccc21. The van der Waals surface area contributed by atoms with Gasteiger partial charge >= 0.3 is 5.97 Å². The highest BCUT2D eigenvalue weighted by molar-refractivity contribution is 7.92. The van der Waals surface area contributed by atoms with Gasteiger partial charge in [-0.15, -0.1) is 0 Å². The van der Waals surface area contributed by atoms with Crippen molar-refractivity contribution in [3.63, 3.8) is 0 Å². The number of carboxylic acids is 1. The molecule has 18 heavy (non-hydrogen) atoms. The van der Waals surface area contributed by atoms with Gasteiger partial charge in [0.25, 0.3) is 0 Å². The third-order valence-electron chi connectivity index (χ3n) is 2.60. The summed E-state index contributed by atoms with van der Waals surface area (Å²) in [6, 6.07) is 6.68. The molecular weight excluding hydrogens is 258 g/mol. The molecule has 0 unspecified atom stereocenters. The van der Waals surface area contributed by atoms with Crippen molar-refractivity contribution in [3.8, 4) is 5.75 Å². The zero-order chi connectivity index (χ0) is 13.3. The Morgan fingerprint density at radius 2 is 2.17 bits per heavy atom. The first-order chi connectivity index (χ1) is 8.38. The van der Waals surface area contributed by atoms with Crippen molar-refractivity contribution < 1.29 is 23.1 Å². The van der Waals surface area contributed by atoms with E-state index in [1.807, 2.05) is 0 Å². The monoisotopic (exact) mass is 271 g/mol. The van der Waals surface area contributed by atoms with Gasteiger partial charge in [0.1, 0.15) is 11.9 Å². The summed E-state index contributed by atoms with van der Waals surface area (Å²) >= 11 is 0. The smallest absolute Gasteiger partial charge is 0.307 e. The van der Waals surface area contributed by atoms with Crippen LogP contribution in [0.4, 0.5) is 5.69 Å². The molecule has 7 heteroatoms. The van der Waals surface area contributed by atoms with Crippen LogP contribution in [-0.2, 0) is 14.8 Å². The highest BCUT2D eigenvalue weighted by Gasteiger charge is 2.31. The van der Waals surface area contributed by atoms with Crippen LogP contribution in [0.1, 0.15) is 6.42 Å². The van der Waals surface area contributed by atoms with Crippen LogP contribution in [-0.4, -0.2) is 38.4 Å². The van der Waals surface area contributed by atoms with Crippen LogP contribution in [0.5, 0.6) is 5.75 Å². The van der Waals surface area contributed by atoms with Crippen molar-refractivity contribution in [2.45, 2.75) is 12.5 Å². The molecule has 98 valence electrons. The maximum absolute atomic E-state index is 11.7. The van der Waals surface area contributed by atoms with E-state index in [0.29, 0.717) is 11.4 Å². The number of carboxylic acid groups (broad SMARTS) is 1. The Hall–Kier alpha value is -1.76. The minimum absolute atomic E-state index is 0.0160. The Bertz CT molecular complexity index is 569. The molecule has 1 heterocycles. The van der Waals surface area contributed by atoms with Gasteiger partial charge in [0, 0.05) is 0 Å². The maximum atomic E-state index is 11.7. The Morgan fingerprint density at radius 3 is 2.78 bits per heavy atom. The number of sulfonamides is 1. The van der Waals surface area contributed by atoms with E-state index in [1.165, 1.54) is 4.31 Å². The number of aliphatic carboxylic acids is 1. The predicted molar refractivity (Wildman–Crippen MR) is 65.3 cm³/mol. The molecule has 2 rings (SSSR count). The van der Waals surface area contributed by atoms with Crippen LogP contribution in [0.2, 0.25) is 0 Å². The third kappa shape index (κ3) is 2.56. The molecule has 0 saturated carbocycles. The largest absolute Gasteiger partial charge is 0.486 e. The minimum atomic E-state index is -3.45. The number of anilines is 1. The van der Waals surface area contributed by atoms with Crippen molar-refractivity contribution >= 4 is 21.7 Å². The molecule has 0 saturated heterocycles. The lowest BCUT2D eigenvalue weighted by atomic mass is 10.2. The van der Waals surface area contributed by atoms with Gasteiger partial charge in [0.15, 0.2) is 0 Å².